The molecule has 1 aromatic carbocycles. The maximum atomic E-state index is 13.2. The van der Waals surface area contributed by atoms with Crippen molar-refractivity contribution in [3.63, 3.8) is 0 Å². The van der Waals surface area contributed by atoms with Crippen LogP contribution < -0.4 is 0 Å². The highest BCUT2D eigenvalue weighted by atomic mass is 32.2. The minimum absolute atomic E-state index is 0.210. The van der Waals surface area contributed by atoms with Crippen molar-refractivity contribution in [1.82, 2.24) is 19.0 Å². The van der Waals surface area contributed by atoms with Crippen molar-refractivity contribution in [3.8, 4) is 11.4 Å². The molecule has 0 aliphatic carbocycles. The Balaban J connectivity index is 1.57. The van der Waals surface area contributed by atoms with Gasteiger partial charge in [0.05, 0.1) is 0 Å². The van der Waals surface area contributed by atoms with Gasteiger partial charge >= 0.3 is 0 Å². The smallest absolute Gasteiger partial charge is 0.248 e. The second-order valence-electron chi connectivity index (χ2n) is 7.72. The van der Waals surface area contributed by atoms with E-state index in [2.05, 4.69) is 14.7 Å². The summed E-state index contributed by atoms with van der Waals surface area (Å²) in [5.74, 6) is 1.49. The first kappa shape index (κ1) is 19.8. The fourth-order valence-corrected chi connectivity index (χ4v) is 5.98. The quantitative estimate of drug-likeness (QED) is 0.638. The third kappa shape index (κ3) is 3.74. The number of aromatic nitrogens is 3. The van der Waals surface area contributed by atoms with Crippen molar-refractivity contribution in [2.45, 2.75) is 45.1 Å². The number of hydrogen-bond acceptors (Lipinski definition) is 5. The van der Waals surface area contributed by atoms with Gasteiger partial charge in [0.15, 0.2) is 5.76 Å². The Labute approximate surface area is 171 Å². The molecule has 3 aromatic rings. The van der Waals surface area contributed by atoms with Crippen LogP contribution in [0.5, 0.6) is 0 Å². The normalized spacial score (nSPS) is 18.2. The molecular formula is C21H26N4O3S. The Hall–Kier alpha value is -2.45. The number of rotatable bonds is 5. The fourth-order valence-electron chi connectivity index (χ4n) is 4.13. The van der Waals surface area contributed by atoms with E-state index in [9.17, 15) is 8.42 Å². The Morgan fingerprint density at radius 3 is 2.62 bits per heavy atom. The zero-order valence-electron chi connectivity index (χ0n) is 17.0. The molecule has 1 fully saturated rings. The molecule has 0 radical (unpaired) electrons. The van der Waals surface area contributed by atoms with Crippen LogP contribution in [0, 0.1) is 26.7 Å². The van der Waals surface area contributed by atoms with Crippen molar-refractivity contribution in [2.24, 2.45) is 5.92 Å². The summed E-state index contributed by atoms with van der Waals surface area (Å²) >= 11 is 0. The molecule has 2 aromatic heterocycles. The van der Waals surface area contributed by atoms with Crippen molar-refractivity contribution in [2.75, 3.05) is 13.1 Å². The van der Waals surface area contributed by atoms with E-state index < -0.39 is 10.0 Å². The number of sulfonamides is 1. The summed E-state index contributed by atoms with van der Waals surface area (Å²) in [5, 5.41) is 3.82. The average Bonchev–Trinajstić information content (AvgIpc) is 3.25. The molecule has 3 heterocycles. The highest BCUT2D eigenvalue weighted by Gasteiger charge is 2.34. The van der Waals surface area contributed by atoms with E-state index in [0.29, 0.717) is 24.5 Å². The maximum Gasteiger partial charge on any atom is 0.248 e. The molecule has 154 valence electrons. The predicted molar refractivity (Wildman–Crippen MR) is 110 cm³/mol. The van der Waals surface area contributed by atoms with Crippen LogP contribution in [-0.4, -0.2) is 40.5 Å². The molecule has 1 saturated heterocycles. The lowest BCUT2D eigenvalue weighted by Gasteiger charge is -2.32. The van der Waals surface area contributed by atoms with Crippen LogP contribution in [0.4, 0.5) is 0 Å². The first-order valence-corrected chi connectivity index (χ1v) is 11.3. The molecule has 8 heteroatoms. The predicted octanol–water partition coefficient (Wildman–Crippen LogP) is 3.56. The number of aryl methyl sites for hydroxylation is 3. The summed E-state index contributed by atoms with van der Waals surface area (Å²) in [5.41, 5.74) is 2.56. The molecule has 1 aliphatic rings. The molecule has 0 saturated carbocycles. The number of imidazole rings is 1. The van der Waals surface area contributed by atoms with Crippen molar-refractivity contribution in [1.29, 1.82) is 0 Å². The third-order valence-electron chi connectivity index (χ3n) is 5.58. The lowest BCUT2D eigenvalue weighted by molar-refractivity contribution is 0.244. The third-order valence-corrected chi connectivity index (χ3v) is 7.69. The molecule has 29 heavy (non-hydrogen) atoms. The van der Waals surface area contributed by atoms with Crippen LogP contribution >= 0.6 is 0 Å². The van der Waals surface area contributed by atoms with Gasteiger partial charge in [-0.3, -0.25) is 0 Å². The van der Waals surface area contributed by atoms with E-state index in [1.807, 2.05) is 43.5 Å². The van der Waals surface area contributed by atoms with Crippen LogP contribution in [0.2, 0.25) is 0 Å². The molecule has 0 bridgehead atoms. The molecular weight excluding hydrogens is 388 g/mol. The van der Waals surface area contributed by atoms with Crippen LogP contribution in [0.25, 0.3) is 11.4 Å². The van der Waals surface area contributed by atoms with Gasteiger partial charge in [-0.25, -0.2) is 13.4 Å². The zero-order chi connectivity index (χ0) is 20.6. The topological polar surface area (TPSA) is 81.2 Å². The van der Waals surface area contributed by atoms with Crippen molar-refractivity contribution in [3.05, 3.63) is 53.7 Å². The Kier molecular flexibility index (Phi) is 5.31. The number of piperidine rings is 1. The molecule has 1 unspecified atom stereocenters. The Morgan fingerprint density at radius 2 is 1.93 bits per heavy atom. The largest absolute Gasteiger partial charge is 0.360 e. The summed E-state index contributed by atoms with van der Waals surface area (Å²) < 4.78 is 35.3. The van der Waals surface area contributed by atoms with E-state index in [0.717, 1.165) is 36.5 Å². The summed E-state index contributed by atoms with van der Waals surface area (Å²) in [6, 6.07) is 10.1. The minimum atomic E-state index is -3.61. The molecule has 0 amide bonds. The van der Waals surface area contributed by atoms with Crippen LogP contribution in [-0.2, 0) is 16.6 Å². The number of hydrogen-bond donors (Lipinski definition) is 0. The fraction of sp³-hybridized carbons (Fsp3) is 0.429. The van der Waals surface area contributed by atoms with E-state index in [4.69, 9.17) is 4.52 Å². The molecule has 7 nitrogen and oxygen atoms in total. The summed E-state index contributed by atoms with van der Waals surface area (Å²) in [6.07, 6.45) is 3.70. The SMILES string of the molecule is Cc1noc(C)c1S(=O)(=O)N1CCCC(Cn2c(C)cnc2-c2ccccc2)C1. The van der Waals surface area contributed by atoms with Crippen LogP contribution in [0.3, 0.4) is 0 Å². The van der Waals surface area contributed by atoms with Gasteiger partial charge in [0.1, 0.15) is 16.4 Å². The molecule has 0 N–H and O–H groups in total. The van der Waals surface area contributed by atoms with E-state index in [1.165, 1.54) is 0 Å². The molecule has 1 atom stereocenters. The number of benzene rings is 1. The first-order chi connectivity index (χ1) is 13.9. The van der Waals surface area contributed by atoms with E-state index >= 15 is 0 Å². The summed E-state index contributed by atoms with van der Waals surface area (Å²) in [7, 11) is -3.61. The molecule has 4 rings (SSSR count). The van der Waals surface area contributed by atoms with Gasteiger partial charge in [-0.2, -0.15) is 4.31 Å². The highest BCUT2D eigenvalue weighted by Crippen LogP contribution is 2.29. The second-order valence-corrected chi connectivity index (χ2v) is 9.60. The van der Waals surface area contributed by atoms with Crippen molar-refractivity contribution >= 4 is 10.0 Å². The minimum Gasteiger partial charge on any atom is -0.360 e. The van der Waals surface area contributed by atoms with Gasteiger partial charge in [0.25, 0.3) is 0 Å². The van der Waals surface area contributed by atoms with Gasteiger partial charge in [-0.1, -0.05) is 35.5 Å². The lowest BCUT2D eigenvalue weighted by atomic mass is 9.99. The highest BCUT2D eigenvalue weighted by molar-refractivity contribution is 7.89. The Bertz CT molecular complexity index is 1080. The van der Waals surface area contributed by atoms with Crippen LogP contribution in [0.15, 0.2) is 45.9 Å². The van der Waals surface area contributed by atoms with Crippen LogP contribution in [0.1, 0.15) is 30.0 Å². The monoisotopic (exact) mass is 414 g/mol. The lowest BCUT2D eigenvalue weighted by Crippen LogP contribution is -2.41. The van der Waals surface area contributed by atoms with E-state index in [1.54, 1.807) is 18.2 Å². The van der Waals surface area contributed by atoms with Gasteiger partial charge in [-0.15, -0.1) is 0 Å². The maximum absolute atomic E-state index is 13.2. The standard InChI is InChI=1S/C21H26N4O3S/c1-15-12-22-21(19-9-5-4-6-10-19)25(15)14-18-8-7-11-24(13-18)29(26,27)20-16(2)23-28-17(20)3/h4-6,9-10,12,18H,7-8,11,13-14H2,1-3H3. The average molecular weight is 415 g/mol. The van der Waals surface area contributed by atoms with E-state index in [-0.39, 0.29) is 10.8 Å². The zero-order valence-corrected chi connectivity index (χ0v) is 17.8. The second kappa shape index (κ2) is 7.76. The molecule has 0 spiro atoms. The Morgan fingerprint density at radius 1 is 1.17 bits per heavy atom. The summed E-state index contributed by atoms with van der Waals surface area (Å²) in [4.78, 5) is 4.80. The van der Waals surface area contributed by atoms with Gasteiger partial charge in [0.2, 0.25) is 10.0 Å². The van der Waals surface area contributed by atoms with Gasteiger partial charge in [0, 0.05) is 37.1 Å². The number of nitrogens with zero attached hydrogens (tertiary/aromatic N) is 4. The van der Waals surface area contributed by atoms with Crippen molar-refractivity contribution < 1.29 is 12.9 Å². The van der Waals surface area contributed by atoms with Gasteiger partial charge in [-0.05, 0) is 39.5 Å². The first-order valence-electron chi connectivity index (χ1n) is 9.88. The molecule has 1 aliphatic heterocycles. The van der Waals surface area contributed by atoms with Gasteiger partial charge < -0.3 is 9.09 Å². The summed E-state index contributed by atoms with van der Waals surface area (Å²) in [6.45, 7) is 7.11.